The minimum atomic E-state index is -0.0884. The van der Waals surface area contributed by atoms with Crippen LogP contribution in [0.2, 0.25) is 5.02 Å². The Bertz CT molecular complexity index is 658. The summed E-state index contributed by atoms with van der Waals surface area (Å²) in [5.74, 6) is 0.955. The number of likely N-dealkylation sites (N-methyl/N-ethyl adjacent to an activating group) is 1. The highest BCUT2D eigenvalue weighted by Gasteiger charge is 2.29. The Morgan fingerprint density at radius 2 is 2.18 bits per heavy atom. The van der Waals surface area contributed by atoms with Gasteiger partial charge in [-0.05, 0) is 42.5 Å². The fourth-order valence-corrected chi connectivity index (χ4v) is 3.21. The monoisotopic (exact) mass is 340 g/mol. The molecule has 5 nitrogen and oxygen atoms in total. The van der Waals surface area contributed by atoms with Gasteiger partial charge in [-0.1, -0.05) is 11.6 Å². The molecule has 1 saturated heterocycles. The molecular weight excluding hydrogens is 324 g/mol. The van der Waals surface area contributed by atoms with Gasteiger partial charge in [0.05, 0.1) is 23.6 Å². The number of nitrogens with zero attached hydrogens (tertiary/aromatic N) is 2. The van der Waals surface area contributed by atoms with Gasteiger partial charge in [-0.3, -0.25) is 14.7 Å². The quantitative estimate of drug-likeness (QED) is 0.789. The van der Waals surface area contributed by atoms with Crippen molar-refractivity contribution in [2.75, 3.05) is 27.8 Å². The van der Waals surface area contributed by atoms with Gasteiger partial charge in [-0.2, -0.15) is 0 Å². The average molecular weight is 341 g/mol. The third-order valence-corrected chi connectivity index (χ3v) is 4.47. The molecule has 0 spiro atoms. The maximum absolute atomic E-state index is 12.2. The summed E-state index contributed by atoms with van der Waals surface area (Å²) in [6.07, 6.45) is 1.77. The molecular formula is C15H17ClN2O3S. The standard InChI is InChI=1S/C15H17ClN2O3S/c1-5-21-13-10(16)6-9(7-11(13)20-4)8-12-14(19)18(3)15(17-2)22-12/h6-8H,5H2,1-4H3/b12-8+,17-15?. The molecule has 1 aliphatic rings. The molecule has 22 heavy (non-hydrogen) atoms. The van der Waals surface area contributed by atoms with Crippen molar-refractivity contribution in [2.45, 2.75) is 6.92 Å². The third-order valence-electron chi connectivity index (χ3n) is 3.03. The lowest BCUT2D eigenvalue weighted by Crippen LogP contribution is -2.23. The second-order valence-electron chi connectivity index (χ2n) is 4.45. The second kappa shape index (κ2) is 7.07. The van der Waals surface area contributed by atoms with Gasteiger partial charge in [0, 0.05) is 14.1 Å². The lowest BCUT2D eigenvalue weighted by atomic mass is 10.2. The van der Waals surface area contributed by atoms with Gasteiger partial charge < -0.3 is 9.47 Å². The first-order valence-electron chi connectivity index (χ1n) is 6.66. The van der Waals surface area contributed by atoms with Crippen molar-refractivity contribution in [2.24, 2.45) is 4.99 Å². The number of halogens is 1. The number of hydrogen-bond acceptors (Lipinski definition) is 5. The first kappa shape index (κ1) is 16.7. The molecule has 1 amide bonds. The van der Waals surface area contributed by atoms with E-state index < -0.39 is 0 Å². The fourth-order valence-electron chi connectivity index (χ4n) is 2.01. The predicted octanol–water partition coefficient (Wildman–Crippen LogP) is 3.28. The number of carbonyl (C=O) groups excluding carboxylic acids is 1. The van der Waals surface area contributed by atoms with E-state index in [9.17, 15) is 4.79 Å². The molecule has 2 rings (SSSR count). The first-order valence-corrected chi connectivity index (χ1v) is 7.86. The number of hydrogen-bond donors (Lipinski definition) is 0. The summed E-state index contributed by atoms with van der Waals surface area (Å²) < 4.78 is 10.8. The maximum Gasteiger partial charge on any atom is 0.266 e. The van der Waals surface area contributed by atoms with Crippen LogP contribution in [0.1, 0.15) is 12.5 Å². The van der Waals surface area contributed by atoms with Crippen LogP contribution in [-0.4, -0.2) is 43.8 Å². The number of ether oxygens (including phenoxy) is 2. The number of methoxy groups -OCH3 is 1. The minimum Gasteiger partial charge on any atom is -0.493 e. The summed E-state index contributed by atoms with van der Waals surface area (Å²) in [6.45, 7) is 2.37. The van der Waals surface area contributed by atoms with Crippen molar-refractivity contribution in [3.63, 3.8) is 0 Å². The minimum absolute atomic E-state index is 0.0884. The van der Waals surface area contributed by atoms with Gasteiger partial charge in [-0.25, -0.2) is 0 Å². The number of rotatable bonds is 4. The summed E-state index contributed by atoms with van der Waals surface area (Å²) >= 11 is 7.57. The Morgan fingerprint density at radius 3 is 2.73 bits per heavy atom. The average Bonchev–Trinajstić information content (AvgIpc) is 2.77. The summed E-state index contributed by atoms with van der Waals surface area (Å²) in [4.78, 5) is 18.3. The molecule has 0 saturated carbocycles. The lowest BCUT2D eigenvalue weighted by molar-refractivity contribution is -0.121. The van der Waals surface area contributed by atoms with Crippen molar-refractivity contribution in [1.29, 1.82) is 0 Å². The van der Waals surface area contributed by atoms with E-state index in [2.05, 4.69) is 4.99 Å². The van der Waals surface area contributed by atoms with Gasteiger partial charge in [0.25, 0.3) is 5.91 Å². The Kier molecular flexibility index (Phi) is 5.37. The summed E-state index contributed by atoms with van der Waals surface area (Å²) in [6, 6.07) is 3.54. The van der Waals surface area contributed by atoms with E-state index >= 15 is 0 Å². The van der Waals surface area contributed by atoms with E-state index in [1.807, 2.05) is 6.92 Å². The number of amides is 1. The Balaban J connectivity index is 2.40. The molecule has 7 heteroatoms. The van der Waals surface area contributed by atoms with Gasteiger partial charge >= 0.3 is 0 Å². The molecule has 0 unspecified atom stereocenters. The van der Waals surface area contributed by atoms with E-state index in [1.165, 1.54) is 16.7 Å². The normalized spacial score (nSPS) is 18.4. The van der Waals surface area contributed by atoms with Crippen LogP contribution in [0.25, 0.3) is 6.08 Å². The number of benzene rings is 1. The van der Waals surface area contributed by atoms with Gasteiger partial charge in [0.2, 0.25) is 0 Å². The molecule has 1 aliphatic heterocycles. The van der Waals surface area contributed by atoms with Crippen molar-refractivity contribution >= 4 is 40.5 Å². The van der Waals surface area contributed by atoms with Crippen LogP contribution in [0, 0.1) is 0 Å². The van der Waals surface area contributed by atoms with Crippen molar-refractivity contribution in [3.05, 3.63) is 27.6 Å². The van der Waals surface area contributed by atoms with E-state index in [0.717, 1.165) is 5.56 Å². The van der Waals surface area contributed by atoms with Crippen LogP contribution in [0.15, 0.2) is 22.0 Å². The molecule has 1 aromatic rings. The van der Waals surface area contributed by atoms with Crippen LogP contribution in [-0.2, 0) is 4.79 Å². The molecule has 118 valence electrons. The Morgan fingerprint density at radius 1 is 1.45 bits per heavy atom. The lowest BCUT2D eigenvalue weighted by Gasteiger charge is -2.12. The molecule has 0 N–H and O–H groups in total. The SMILES string of the molecule is CCOc1c(Cl)cc(/C=C2/SC(=NC)N(C)C2=O)cc1OC. The number of amidine groups is 1. The molecule has 0 aromatic heterocycles. The van der Waals surface area contributed by atoms with Gasteiger partial charge in [-0.15, -0.1) is 0 Å². The molecule has 0 aliphatic carbocycles. The molecule has 0 bridgehead atoms. The van der Waals surface area contributed by atoms with Crippen molar-refractivity contribution < 1.29 is 14.3 Å². The predicted molar refractivity (Wildman–Crippen MR) is 90.9 cm³/mol. The Labute approximate surface area is 138 Å². The highest BCUT2D eigenvalue weighted by molar-refractivity contribution is 8.18. The van der Waals surface area contributed by atoms with Crippen LogP contribution in [0.4, 0.5) is 0 Å². The zero-order valence-electron chi connectivity index (χ0n) is 12.8. The van der Waals surface area contributed by atoms with Crippen LogP contribution >= 0.6 is 23.4 Å². The molecule has 1 heterocycles. The Hall–Kier alpha value is -1.66. The van der Waals surface area contributed by atoms with E-state index in [-0.39, 0.29) is 5.91 Å². The number of aliphatic imine (C=N–C) groups is 1. The number of carbonyl (C=O) groups is 1. The molecule has 1 aromatic carbocycles. The highest BCUT2D eigenvalue weighted by Crippen LogP contribution is 2.38. The second-order valence-corrected chi connectivity index (χ2v) is 5.86. The van der Waals surface area contributed by atoms with Crippen molar-refractivity contribution in [1.82, 2.24) is 4.90 Å². The topological polar surface area (TPSA) is 51.1 Å². The van der Waals surface area contributed by atoms with Gasteiger partial charge in [0.15, 0.2) is 16.7 Å². The smallest absolute Gasteiger partial charge is 0.266 e. The third kappa shape index (κ3) is 3.23. The molecule has 0 radical (unpaired) electrons. The number of thioether (sulfide) groups is 1. The van der Waals surface area contributed by atoms with E-state index in [4.69, 9.17) is 21.1 Å². The summed E-state index contributed by atoms with van der Waals surface area (Å²) in [7, 11) is 4.91. The first-order chi connectivity index (χ1) is 10.5. The molecule has 0 atom stereocenters. The molecule has 1 fully saturated rings. The van der Waals surface area contributed by atoms with Crippen LogP contribution < -0.4 is 9.47 Å². The fraction of sp³-hybridized carbons (Fsp3) is 0.333. The zero-order valence-corrected chi connectivity index (χ0v) is 14.4. The van der Waals surface area contributed by atoms with Crippen molar-refractivity contribution in [3.8, 4) is 11.5 Å². The zero-order chi connectivity index (χ0) is 16.3. The van der Waals surface area contributed by atoms with Crippen LogP contribution in [0.3, 0.4) is 0 Å². The van der Waals surface area contributed by atoms with Crippen LogP contribution in [0.5, 0.6) is 11.5 Å². The van der Waals surface area contributed by atoms with E-state index in [1.54, 1.807) is 39.4 Å². The van der Waals surface area contributed by atoms with Gasteiger partial charge in [0.1, 0.15) is 0 Å². The maximum atomic E-state index is 12.2. The summed E-state index contributed by atoms with van der Waals surface area (Å²) in [5, 5.41) is 1.11. The largest absolute Gasteiger partial charge is 0.493 e. The summed E-state index contributed by atoms with van der Waals surface area (Å²) in [5.41, 5.74) is 0.770. The highest BCUT2D eigenvalue weighted by atomic mass is 35.5. The van der Waals surface area contributed by atoms with E-state index in [0.29, 0.717) is 33.2 Å².